The number of rotatable bonds is 5. The van der Waals surface area contributed by atoms with Crippen molar-refractivity contribution in [2.45, 2.75) is 64.0 Å². The van der Waals surface area contributed by atoms with Crippen LogP contribution in [-0.2, 0) is 4.74 Å². The fourth-order valence-corrected chi connectivity index (χ4v) is 4.81. The quantitative estimate of drug-likeness (QED) is 0.741. The van der Waals surface area contributed by atoms with Crippen molar-refractivity contribution in [2.24, 2.45) is 5.92 Å². The van der Waals surface area contributed by atoms with Gasteiger partial charge in [-0.25, -0.2) is 4.79 Å². The summed E-state index contributed by atoms with van der Waals surface area (Å²) in [4.78, 5) is 21.4. The number of aliphatic hydroxyl groups is 1. The molecule has 0 atom stereocenters. The second kappa shape index (κ2) is 8.63. The number of carbonyl (C=O) groups excluding carboxylic acids is 1. The third-order valence-electron chi connectivity index (χ3n) is 6.88. The van der Waals surface area contributed by atoms with Crippen molar-refractivity contribution in [3.8, 4) is 11.3 Å². The molecule has 0 bridgehead atoms. The van der Waals surface area contributed by atoms with Crippen LogP contribution in [0.4, 0.5) is 10.5 Å². The summed E-state index contributed by atoms with van der Waals surface area (Å²) in [7, 11) is 0. The number of piperazine rings is 1. The molecule has 178 valence electrons. The molecule has 3 heterocycles. The number of carbonyl (C=O) groups is 1. The molecule has 8 heteroatoms. The Kier molecular flexibility index (Phi) is 5.80. The van der Waals surface area contributed by atoms with E-state index in [2.05, 4.69) is 21.8 Å². The Balaban J connectivity index is 1.35. The van der Waals surface area contributed by atoms with Gasteiger partial charge in [0.05, 0.1) is 23.1 Å². The zero-order valence-electron chi connectivity index (χ0n) is 19.9. The number of nitrogens with zero attached hydrogens (tertiary/aromatic N) is 5. The number of hydrogen-bond donors (Lipinski definition) is 1. The Hall–Kier alpha value is -2.61. The Morgan fingerprint density at radius 2 is 1.91 bits per heavy atom. The van der Waals surface area contributed by atoms with Crippen molar-refractivity contribution in [3.05, 3.63) is 30.2 Å². The first kappa shape index (κ1) is 22.2. The predicted octanol–water partition coefficient (Wildman–Crippen LogP) is 3.82. The summed E-state index contributed by atoms with van der Waals surface area (Å²) >= 11 is 0. The molecule has 2 aromatic heterocycles. The van der Waals surface area contributed by atoms with Crippen LogP contribution < -0.4 is 4.90 Å². The lowest BCUT2D eigenvalue weighted by molar-refractivity contribution is 0.0240. The van der Waals surface area contributed by atoms with Gasteiger partial charge in [0.25, 0.3) is 0 Å². The highest BCUT2D eigenvalue weighted by Gasteiger charge is 2.36. The summed E-state index contributed by atoms with van der Waals surface area (Å²) in [6.45, 7) is 8.69. The molecule has 1 aliphatic heterocycles. The SMILES string of the molecule is CC(C)(C)OC(=O)N1CCN(c2cccnc2-c2cn([C@H]3C[C@H](CO)C3)nc2C2CC2)CC1. The maximum absolute atomic E-state index is 12.5. The van der Waals surface area contributed by atoms with Gasteiger partial charge in [0.2, 0.25) is 0 Å². The minimum Gasteiger partial charge on any atom is -0.444 e. The summed E-state index contributed by atoms with van der Waals surface area (Å²) < 4.78 is 7.67. The van der Waals surface area contributed by atoms with Crippen molar-refractivity contribution >= 4 is 11.8 Å². The zero-order valence-corrected chi connectivity index (χ0v) is 19.9. The third-order valence-corrected chi connectivity index (χ3v) is 6.88. The zero-order chi connectivity index (χ0) is 23.2. The highest BCUT2D eigenvalue weighted by molar-refractivity contribution is 5.77. The highest BCUT2D eigenvalue weighted by atomic mass is 16.6. The molecule has 2 aromatic rings. The molecule has 8 nitrogen and oxygen atoms in total. The van der Waals surface area contributed by atoms with E-state index in [-0.39, 0.29) is 12.7 Å². The smallest absolute Gasteiger partial charge is 0.410 e. The minimum absolute atomic E-state index is 0.243. The van der Waals surface area contributed by atoms with E-state index in [9.17, 15) is 9.90 Å². The molecular formula is C25H35N5O3. The van der Waals surface area contributed by atoms with Crippen molar-refractivity contribution in [1.29, 1.82) is 0 Å². The maximum atomic E-state index is 12.5. The molecule has 0 unspecified atom stereocenters. The van der Waals surface area contributed by atoms with Gasteiger partial charge in [0, 0.05) is 56.7 Å². The van der Waals surface area contributed by atoms with E-state index in [1.807, 2.05) is 33.0 Å². The van der Waals surface area contributed by atoms with Crippen LogP contribution in [0.25, 0.3) is 11.3 Å². The van der Waals surface area contributed by atoms with Crippen LogP contribution in [0.5, 0.6) is 0 Å². The molecule has 2 aliphatic carbocycles. The van der Waals surface area contributed by atoms with Gasteiger partial charge >= 0.3 is 6.09 Å². The molecular weight excluding hydrogens is 418 g/mol. The van der Waals surface area contributed by atoms with Crippen molar-refractivity contribution in [2.75, 3.05) is 37.7 Å². The Morgan fingerprint density at radius 3 is 2.55 bits per heavy atom. The van der Waals surface area contributed by atoms with E-state index in [0.717, 1.165) is 48.6 Å². The summed E-state index contributed by atoms with van der Waals surface area (Å²) in [6.07, 6.45) is 8.14. The van der Waals surface area contributed by atoms with Gasteiger partial charge in [-0.1, -0.05) is 0 Å². The Labute approximate surface area is 195 Å². The third kappa shape index (κ3) is 4.71. The van der Waals surface area contributed by atoms with Gasteiger partial charge in [-0.2, -0.15) is 5.10 Å². The molecule has 3 aliphatic rings. The highest BCUT2D eigenvalue weighted by Crippen LogP contribution is 2.46. The number of aliphatic hydroxyl groups excluding tert-OH is 1. The molecule has 3 fully saturated rings. The largest absolute Gasteiger partial charge is 0.444 e. The molecule has 1 N–H and O–H groups in total. The van der Waals surface area contributed by atoms with E-state index in [0.29, 0.717) is 31.0 Å². The second-order valence-electron chi connectivity index (χ2n) is 10.7. The number of ether oxygens (including phenoxy) is 1. The lowest BCUT2D eigenvalue weighted by Crippen LogP contribution is -2.50. The van der Waals surface area contributed by atoms with Crippen molar-refractivity contribution < 1.29 is 14.6 Å². The van der Waals surface area contributed by atoms with Crippen LogP contribution in [0.15, 0.2) is 24.5 Å². The fraction of sp³-hybridized carbons (Fsp3) is 0.640. The van der Waals surface area contributed by atoms with E-state index in [1.165, 1.54) is 12.8 Å². The normalized spacial score (nSPS) is 23.4. The van der Waals surface area contributed by atoms with Crippen LogP contribution in [0.3, 0.4) is 0 Å². The van der Waals surface area contributed by atoms with E-state index in [4.69, 9.17) is 14.8 Å². The average molecular weight is 454 g/mol. The molecule has 0 spiro atoms. The molecule has 0 radical (unpaired) electrons. The average Bonchev–Trinajstić information content (AvgIpc) is 3.51. The minimum atomic E-state index is -0.484. The van der Waals surface area contributed by atoms with Crippen LogP contribution >= 0.6 is 0 Å². The molecule has 5 rings (SSSR count). The monoisotopic (exact) mass is 453 g/mol. The lowest BCUT2D eigenvalue weighted by Gasteiger charge is -2.37. The van der Waals surface area contributed by atoms with E-state index >= 15 is 0 Å². The number of anilines is 1. The van der Waals surface area contributed by atoms with Gasteiger partial charge in [-0.05, 0) is 64.5 Å². The van der Waals surface area contributed by atoms with Crippen LogP contribution in [0, 0.1) is 5.92 Å². The summed E-state index contributed by atoms with van der Waals surface area (Å²) in [5.74, 6) is 0.924. The number of amides is 1. The Morgan fingerprint density at radius 1 is 1.18 bits per heavy atom. The second-order valence-corrected chi connectivity index (χ2v) is 10.7. The summed E-state index contributed by atoms with van der Waals surface area (Å²) in [6, 6.07) is 4.49. The van der Waals surface area contributed by atoms with E-state index < -0.39 is 5.60 Å². The number of pyridine rings is 1. The number of aromatic nitrogens is 3. The topological polar surface area (TPSA) is 83.7 Å². The molecule has 2 saturated carbocycles. The van der Waals surface area contributed by atoms with Gasteiger partial charge in [0.15, 0.2) is 0 Å². The van der Waals surface area contributed by atoms with Crippen LogP contribution in [-0.4, -0.2) is 69.3 Å². The van der Waals surface area contributed by atoms with Crippen LogP contribution in [0.2, 0.25) is 0 Å². The van der Waals surface area contributed by atoms with Crippen molar-refractivity contribution in [3.63, 3.8) is 0 Å². The first-order valence-corrected chi connectivity index (χ1v) is 12.2. The first-order chi connectivity index (χ1) is 15.8. The first-order valence-electron chi connectivity index (χ1n) is 12.2. The molecule has 1 saturated heterocycles. The maximum Gasteiger partial charge on any atom is 0.410 e. The summed E-state index contributed by atoms with van der Waals surface area (Å²) in [5, 5.41) is 14.4. The van der Waals surface area contributed by atoms with Crippen LogP contribution in [0.1, 0.15) is 64.1 Å². The van der Waals surface area contributed by atoms with E-state index in [1.54, 1.807) is 4.90 Å². The Bertz CT molecular complexity index is 996. The standard InChI is InChI=1S/C25H35N5O3/c1-25(2,3)33-24(32)29-11-9-28(10-12-29)21-5-4-8-26-23(21)20-15-30(19-13-17(14-19)16-31)27-22(20)18-6-7-18/h4-5,8,15,17-19,31H,6-7,9-14,16H2,1-3H3/t17-,19-. The fourth-order valence-electron chi connectivity index (χ4n) is 4.81. The predicted molar refractivity (Wildman–Crippen MR) is 126 cm³/mol. The number of hydrogen-bond acceptors (Lipinski definition) is 6. The van der Waals surface area contributed by atoms with Gasteiger partial charge in [-0.15, -0.1) is 0 Å². The molecule has 1 amide bonds. The van der Waals surface area contributed by atoms with Gasteiger partial charge in [0.1, 0.15) is 5.60 Å². The molecule has 0 aromatic carbocycles. The lowest BCUT2D eigenvalue weighted by atomic mass is 9.81. The van der Waals surface area contributed by atoms with Crippen molar-refractivity contribution in [1.82, 2.24) is 19.7 Å². The van der Waals surface area contributed by atoms with Gasteiger partial charge in [-0.3, -0.25) is 9.67 Å². The van der Waals surface area contributed by atoms with Gasteiger partial charge < -0.3 is 19.6 Å². The summed E-state index contributed by atoms with van der Waals surface area (Å²) in [5.41, 5.74) is 3.89. The molecule has 33 heavy (non-hydrogen) atoms.